The van der Waals surface area contributed by atoms with Crippen LogP contribution in [0, 0.1) is 0 Å². The molecule has 0 rings (SSSR count). The van der Waals surface area contributed by atoms with Crippen LogP contribution in [0.1, 0.15) is 6.92 Å². The van der Waals surface area contributed by atoms with E-state index in [1.165, 1.54) is 6.92 Å². The molecule has 0 heterocycles. The van der Waals surface area contributed by atoms with Gasteiger partial charge in [-0.05, 0) is 13.3 Å². The van der Waals surface area contributed by atoms with Crippen molar-refractivity contribution in [3.63, 3.8) is 0 Å². The van der Waals surface area contributed by atoms with Gasteiger partial charge in [0, 0.05) is 6.92 Å². The average Bonchev–Trinajstić information content (AvgIpc) is 1.59. The van der Waals surface area contributed by atoms with Gasteiger partial charge in [0.1, 0.15) is 13.5 Å². The number of hydrogen-bond acceptors (Lipinski definition) is 3. The third-order valence-electron chi connectivity index (χ3n) is 0.579. The van der Waals surface area contributed by atoms with E-state index in [1.807, 2.05) is 0 Å². The number of rotatable bonds is 2. The first-order valence-electron chi connectivity index (χ1n) is 2.59. The van der Waals surface area contributed by atoms with Crippen LogP contribution in [-0.4, -0.2) is 25.6 Å². The smallest absolute Gasteiger partial charge is 0.303 e. The highest BCUT2D eigenvalue weighted by Crippen LogP contribution is 2.35. The van der Waals surface area contributed by atoms with E-state index in [2.05, 4.69) is 4.74 Å². The molecule has 0 saturated carbocycles. The SMILES string of the molecule is CC(=O)OCP(C)(C)=O. The highest BCUT2D eigenvalue weighted by molar-refractivity contribution is 7.62. The van der Waals surface area contributed by atoms with Gasteiger partial charge >= 0.3 is 5.97 Å². The number of ether oxygens (including phenoxy) is 1. The second kappa shape index (κ2) is 3.02. The summed E-state index contributed by atoms with van der Waals surface area (Å²) in [5.41, 5.74) is 0. The summed E-state index contributed by atoms with van der Waals surface area (Å²) in [6, 6.07) is 0. The molecule has 0 aromatic heterocycles. The zero-order valence-corrected chi connectivity index (χ0v) is 6.77. The molecule has 0 amide bonds. The van der Waals surface area contributed by atoms with Crippen molar-refractivity contribution in [3.05, 3.63) is 0 Å². The summed E-state index contributed by atoms with van der Waals surface area (Å²) in [7, 11) is -2.16. The van der Waals surface area contributed by atoms with Gasteiger partial charge in [0.25, 0.3) is 0 Å². The van der Waals surface area contributed by atoms with Crippen molar-refractivity contribution in [1.82, 2.24) is 0 Å². The molecule has 4 heteroatoms. The lowest BCUT2D eigenvalue weighted by Crippen LogP contribution is -1.99. The maximum Gasteiger partial charge on any atom is 0.303 e. The Labute approximate surface area is 54.8 Å². The molecule has 0 aliphatic heterocycles. The van der Waals surface area contributed by atoms with Crippen LogP contribution < -0.4 is 0 Å². The van der Waals surface area contributed by atoms with Crippen LogP contribution in [0.4, 0.5) is 0 Å². The minimum Gasteiger partial charge on any atom is -0.458 e. The molecular weight excluding hydrogens is 139 g/mol. The molecule has 0 N–H and O–H groups in total. The van der Waals surface area contributed by atoms with Crippen molar-refractivity contribution in [2.75, 3.05) is 19.7 Å². The topological polar surface area (TPSA) is 43.4 Å². The Hall–Kier alpha value is -0.300. The van der Waals surface area contributed by atoms with Crippen LogP contribution in [0.15, 0.2) is 0 Å². The summed E-state index contributed by atoms with van der Waals surface area (Å²) < 4.78 is 15.3. The van der Waals surface area contributed by atoms with Gasteiger partial charge in [-0.3, -0.25) is 4.79 Å². The molecule has 0 aliphatic rings. The molecule has 0 radical (unpaired) electrons. The van der Waals surface area contributed by atoms with Crippen molar-refractivity contribution >= 4 is 13.1 Å². The molecule has 3 nitrogen and oxygen atoms in total. The fourth-order valence-electron chi connectivity index (χ4n) is 0.246. The van der Waals surface area contributed by atoms with E-state index in [0.717, 1.165) is 0 Å². The summed E-state index contributed by atoms with van der Waals surface area (Å²) in [6.07, 6.45) is 0.0579. The quantitative estimate of drug-likeness (QED) is 0.437. The molecule has 0 unspecified atom stereocenters. The van der Waals surface area contributed by atoms with Gasteiger partial charge in [-0.15, -0.1) is 0 Å². The molecule has 54 valence electrons. The number of esters is 1. The molecule has 0 saturated heterocycles. The van der Waals surface area contributed by atoms with Crippen LogP contribution in [-0.2, 0) is 14.1 Å². The monoisotopic (exact) mass is 150 g/mol. The van der Waals surface area contributed by atoms with Crippen molar-refractivity contribution in [2.45, 2.75) is 6.92 Å². The van der Waals surface area contributed by atoms with E-state index >= 15 is 0 Å². The predicted molar refractivity (Wildman–Crippen MR) is 36.1 cm³/mol. The molecule has 0 bridgehead atoms. The predicted octanol–water partition coefficient (Wildman–Crippen LogP) is 1.13. The molecule has 0 atom stereocenters. The minimum absolute atomic E-state index is 0.0579. The Morgan fingerprint density at radius 3 is 2.11 bits per heavy atom. The van der Waals surface area contributed by atoms with Gasteiger partial charge in [-0.2, -0.15) is 0 Å². The lowest BCUT2D eigenvalue weighted by Gasteiger charge is -2.04. The lowest BCUT2D eigenvalue weighted by atomic mass is 10.8. The third-order valence-corrected chi connectivity index (χ3v) is 1.33. The second-order valence-electron chi connectivity index (χ2n) is 2.34. The molecule has 0 aliphatic carbocycles. The van der Waals surface area contributed by atoms with Gasteiger partial charge in [-0.1, -0.05) is 0 Å². The fourth-order valence-corrected chi connectivity index (χ4v) is 0.739. The maximum atomic E-state index is 10.8. The molecule has 0 spiro atoms. The average molecular weight is 150 g/mol. The highest BCUT2D eigenvalue weighted by Gasteiger charge is 2.07. The van der Waals surface area contributed by atoms with Crippen LogP contribution in [0.2, 0.25) is 0 Å². The number of hydrogen-bond donors (Lipinski definition) is 0. The van der Waals surface area contributed by atoms with Crippen LogP contribution in [0.25, 0.3) is 0 Å². The first kappa shape index (κ1) is 8.70. The summed E-state index contributed by atoms with van der Waals surface area (Å²) in [5, 5.41) is 0. The van der Waals surface area contributed by atoms with E-state index in [-0.39, 0.29) is 12.3 Å². The fraction of sp³-hybridized carbons (Fsp3) is 0.800. The van der Waals surface area contributed by atoms with Crippen LogP contribution in [0.5, 0.6) is 0 Å². The van der Waals surface area contributed by atoms with E-state index in [1.54, 1.807) is 13.3 Å². The maximum absolute atomic E-state index is 10.8. The Kier molecular flexibility index (Phi) is 2.92. The first-order valence-corrected chi connectivity index (χ1v) is 5.38. The van der Waals surface area contributed by atoms with Crippen molar-refractivity contribution < 1.29 is 14.1 Å². The third kappa shape index (κ3) is 7.70. The molecule has 9 heavy (non-hydrogen) atoms. The van der Waals surface area contributed by atoms with Crippen LogP contribution in [0.3, 0.4) is 0 Å². The Bertz CT molecular complexity index is 146. The highest BCUT2D eigenvalue weighted by atomic mass is 31.2. The van der Waals surface area contributed by atoms with E-state index in [4.69, 9.17) is 0 Å². The Morgan fingerprint density at radius 1 is 1.56 bits per heavy atom. The second-order valence-corrected chi connectivity index (χ2v) is 5.74. The zero-order chi connectivity index (χ0) is 7.49. The summed E-state index contributed by atoms with van der Waals surface area (Å²) in [4.78, 5) is 10.1. The first-order chi connectivity index (χ1) is 3.92. The van der Waals surface area contributed by atoms with Gasteiger partial charge in [0.2, 0.25) is 0 Å². The summed E-state index contributed by atoms with van der Waals surface area (Å²) in [6.45, 7) is 4.46. The molecule has 0 aromatic carbocycles. The minimum atomic E-state index is -2.16. The molecule has 0 fully saturated rings. The summed E-state index contributed by atoms with van der Waals surface area (Å²) in [5.74, 6) is -0.376. The van der Waals surface area contributed by atoms with E-state index in [9.17, 15) is 9.36 Å². The Balaban J connectivity index is 3.53. The van der Waals surface area contributed by atoms with Crippen molar-refractivity contribution in [2.24, 2.45) is 0 Å². The number of carbonyl (C=O) groups excluding carboxylic acids is 1. The standard InChI is InChI=1S/C5H11O3P/c1-5(6)8-4-9(2,3)7/h4H2,1-3H3. The number of carbonyl (C=O) groups is 1. The van der Waals surface area contributed by atoms with Gasteiger partial charge < -0.3 is 9.30 Å². The molecule has 0 aromatic rings. The van der Waals surface area contributed by atoms with Gasteiger partial charge in [0.05, 0.1) is 0 Å². The van der Waals surface area contributed by atoms with Crippen LogP contribution >= 0.6 is 7.14 Å². The van der Waals surface area contributed by atoms with Gasteiger partial charge in [0.15, 0.2) is 0 Å². The molecular formula is C5H11O3P. The zero-order valence-electron chi connectivity index (χ0n) is 5.88. The van der Waals surface area contributed by atoms with Gasteiger partial charge in [-0.25, -0.2) is 0 Å². The summed E-state index contributed by atoms with van der Waals surface area (Å²) >= 11 is 0. The van der Waals surface area contributed by atoms with E-state index in [0.29, 0.717) is 0 Å². The van der Waals surface area contributed by atoms with E-state index < -0.39 is 7.14 Å². The largest absolute Gasteiger partial charge is 0.458 e. The lowest BCUT2D eigenvalue weighted by molar-refractivity contribution is -0.138. The Morgan fingerprint density at radius 2 is 2.00 bits per heavy atom. The van der Waals surface area contributed by atoms with Crippen molar-refractivity contribution in [3.8, 4) is 0 Å². The normalized spacial score (nSPS) is 11.0. The van der Waals surface area contributed by atoms with Crippen molar-refractivity contribution in [1.29, 1.82) is 0 Å².